The second-order valence-corrected chi connectivity index (χ2v) is 5.22. The molecule has 0 bridgehead atoms. The Labute approximate surface area is 116 Å². The maximum Gasteiger partial charge on any atom is 0.232 e. The van der Waals surface area contributed by atoms with Crippen molar-refractivity contribution in [1.82, 2.24) is 4.98 Å². The van der Waals surface area contributed by atoms with Gasteiger partial charge in [0.1, 0.15) is 0 Å². The van der Waals surface area contributed by atoms with Gasteiger partial charge in [0.2, 0.25) is 5.91 Å². The molecule has 1 heterocycles. The van der Waals surface area contributed by atoms with Crippen LogP contribution in [0.4, 0.5) is 10.8 Å². The van der Waals surface area contributed by atoms with Crippen molar-refractivity contribution < 1.29 is 4.79 Å². The number of amides is 1. The van der Waals surface area contributed by atoms with Crippen LogP contribution in [0.1, 0.15) is 18.2 Å². The molecule has 2 N–H and O–H groups in total. The summed E-state index contributed by atoms with van der Waals surface area (Å²) >= 11 is 1.35. The van der Waals surface area contributed by atoms with Crippen molar-refractivity contribution >= 4 is 28.1 Å². The minimum Gasteiger partial charge on any atom is -0.375 e. The van der Waals surface area contributed by atoms with Crippen molar-refractivity contribution in [2.75, 3.05) is 17.7 Å². The summed E-state index contributed by atoms with van der Waals surface area (Å²) in [5, 5.41) is 2.32. The van der Waals surface area contributed by atoms with Gasteiger partial charge in [0, 0.05) is 18.1 Å². The molecule has 0 aliphatic carbocycles. The molecular formula is C14H17N3OS. The number of thiazole rings is 1. The van der Waals surface area contributed by atoms with Crippen molar-refractivity contribution in [2.24, 2.45) is 0 Å². The molecule has 19 heavy (non-hydrogen) atoms. The van der Waals surface area contributed by atoms with Gasteiger partial charge in [-0.05, 0) is 24.1 Å². The largest absolute Gasteiger partial charge is 0.375 e. The fourth-order valence-electron chi connectivity index (χ4n) is 1.78. The summed E-state index contributed by atoms with van der Waals surface area (Å²) in [5.41, 5.74) is 8.44. The number of nitrogens with zero attached hydrogens (tertiary/aromatic N) is 2. The molecule has 1 amide bonds. The summed E-state index contributed by atoms with van der Waals surface area (Å²) in [7, 11) is 1.78. The van der Waals surface area contributed by atoms with Crippen molar-refractivity contribution in [3.05, 3.63) is 40.9 Å². The van der Waals surface area contributed by atoms with Gasteiger partial charge in [0.15, 0.2) is 5.13 Å². The summed E-state index contributed by atoms with van der Waals surface area (Å²) < 4.78 is 0. The normalized spacial score (nSPS) is 10.4. The van der Waals surface area contributed by atoms with E-state index in [-0.39, 0.29) is 12.3 Å². The lowest BCUT2D eigenvalue weighted by Gasteiger charge is -2.17. The molecule has 0 aliphatic heterocycles. The highest BCUT2D eigenvalue weighted by Gasteiger charge is 2.13. The average molecular weight is 275 g/mol. The third-order valence-corrected chi connectivity index (χ3v) is 3.73. The van der Waals surface area contributed by atoms with E-state index in [0.29, 0.717) is 5.13 Å². The van der Waals surface area contributed by atoms with E-state index >= 15 is 0 Å². The van der Waals surface area contributed by atoms with E-state index in [0.717, 1.165) is 17.8 Å². The Kier molecular flexibility index (Phi) is 4.16. The maximum absolute atomic E-state index is 12.1. The van der Waals surface area contributed by atoms with Crippen LogP contribution in [-0.4, -0.2) is 17.9 Å². The Hall–Kier alpha value is -1.88. The van der Waals surface area contributed by atoms with Gasteiger partial charge in [-0.25, -0.2) is 4.98 Å². The first kappa shape index (κ1) is 13.5. The second kappa shape index (κ2) is 5.84. The number of nitrogens with two attached hydrogens (primary N) is 1. The van der Waals surface area contributed by atoms with Gasteiger partial charge in [0.05, 0.1) is 12.1 Å². The van der Waals surface area contributed by atoms with Crippen LogP contribution in [0.2, 0.25) is 0 Å². The van der Waals surface area contributed by atoms with Crippen molar-refractivity contribution in [3.63, 3.8) is 0 Å². The maximum atomic E-state index is 12.1. The number of carbonyl (C=O) groups excluding carboxylic acids is 1. The van der Waals surface area contributed by atoms with Crippen LogP contribution < -0.4 is 10.6 Å². The van der Waals surface area contributed by atoms with Crippen LogP contribution in [0.15, 0.2) is 29.6 Å². The van der Waals surface area contributed by atoms with Crippen LogP contribution in [0.25, 0.3) is 0 Å². The smallest absolute Gasteiger partial charge is 0.232 e. The number of carbonyl (C=O) groups is 1. The SMILES string of the molecule is CCc1ccc(N(C)C(=O)Cc2csc(N)n2)cc1. The average Bonchev–Trinajstić information content (AvgIpc) is 2.83. The molecule has 0 saturated carbocycles. The number of likely N-dealkylation sites (N-methyl/N-ethyl adjacent to an activating group) is 1. The number of hydrogen-bond acceptors (Lipinski definition) is 4. The molecule has 4 nitrogen and oxygen atoms in total. The summed E-state index contributed by atoms with van der Waals surface area (Å²) in [6.07, 6.45) is 1.27. The minimum atomic E-state index is 0.00884. The lowest BCUT2D eigenvalue weighted by molar-refractivity contribution is -0.117. The highest BCUT2D eigenvalue weighted by molar-refractivity contribution is 7.13. The first-order valence-corrected chi connectivity index (χ1v) is 7.03. The van der Waals surface area contributed by atoms with Gasteiger partial charge in [-0.2, -0.15) is 0 Å². The number of aromatic nitrogens is 1. The van der Waals surface area contributed by atoms with E-state index in [1.54, 1.807) is 11.9 Å². The van der Waals surface area contributed by atoms with E-state index in [4.69, 9.17) is 5.73 Å². The Morgan fingerprint density at radius 3 is 2.58 bits per heavy atom. The number of nitrogen functional groups attached to an aromatic ring is 1. The Morgan fingerprint density at radius 1 is 1.37 bits per heavy atom. The summed E-state index contributed by atoms with van der Waals surface area (Å²) in [5.74, 6) is 0.00884. The zero-order valence-electron chi connectivity index (χ0n) is 11.1. The number of rotatable bonds is 4. The molecular weight excluding hydrogens is 258 g/mol. The number of benzene rings is 1. The quantitative estimate of drug-likeness (QED) is 0.932. The van der Waals surface area contributed by atoms with E-state index in [1.165, 1.54) is 16.9 Å². The van der Waals surface area contributed by atoms with Crippen LogP contribution in [0.5, 0.6) is 0 Å². The third-order valence-electron chi connectivity index (χ3n) is 3.01. The van der Waals surface area contributed by atoms with Crippen LogP contribution in [-0.2, 0) is 17.6 Å². The van der Waals surface area contributed by atoms with Crippen molar-refractivity contribution in [1.29, 1.82) is 0 Å². The van der Waals surface area contributed by atoms with Gasteiger partial charge in [-0.1, -0.05) is 19.1 Å². The Morgan fingerprint density at radius 2 is 2.05 bits per heavy atom. The molecule has 1 aromatic carbocycles. The van der Waals surface area contributed by atoms with E-state index < -0.39 is 0 Å². The van der Waals surface area contributed by atoms with Gasteiger partial charge in [-0.3, -0.25) is 4.79 Å². The fourth-order valence-corrected chi connectivity index (χ4v) is 2.34. The number of hydrogen-bond donors (Lipinski definition) is 1. The van der Waals surface area contributed by atoms with Crippen molar-refractivity contribution in [2.45, 2.75) is 19.8 Å². The van der Waals surface area contributed by atoms with Crippen LogP contribution in [0.3, 0.4) is 0 Å². The van der Waals surface area contributed by atoms with Gasteiger partial charge >= 0.3 is 0 Å². The second-order valence-electron chi connectivity index (χ2n) is 4.33. The summed E-state index contributed by atoms with van der Waals surface area (Å²) in [6, 6.07) is 8.01. The van der Waals surface area contributed by atoms with Gasteiger partial charge in [0.25, 0.3) is 0 Å². The molecule has 0 atom stereocenters. The topological polar surface area (TPSA) is 59.2 Å². The number of aryl methyl sites for hydroxylation is 1. The third kappa shape index (κ3) is 3.32. The highest BCUT2D eigenvalue weighted by Crippen LogP contribution is 2.17. The Balaban J connectivity index is 2.05. The first-order chi connectivity index (χ1) is 9.10. The monoisotopic (exact) mass is 275 g/mol. The summed E-state index contributed by atoms with van der Waals surface area (Å²) in [4.78, 5) is 17.9. The lowest BCUT2D eigenvalue weighted by Crippen LogP contribution is -2.27. The first-order valence-electron chi connectivity index (χ1n) is 6.15. The van der Waals surface area contributed by atoms with Gasteiger partial charge in [-0.15, -0.1) is 11.3 Å². The standard InChI is InChI=1S/C14H17N3OS/c1-3-10-4-6-12(7-5-10)17(2)13(18)8-11-9-19-14(15)16-11/h4-7,9H,3,8H2,1-2H3,(H2,15,16). The van der Waals surface area contributed by atoms with E-state index in [2.05, 4.69) is 11.9 Å². The fraction of sp³-hybridized carbons (Fsp3) is 0.286. The molecule has 0 radical (unpaired) electrons. The molecule has 0 unspecified atom stereocenters. The van der Waals surface area contributed by atoms with Crippen LogP contribution in [0, 0.1) is 0 Å². The Bertz CT molecular complexity index is 562. The molecule has 0 spiro atoms. The zero-order chi connectivity index (χ0) is 13.8. The van der Waals surface area contributed by atoms with Crippen LogP contribution >= 0.6 is 11.3 Å². The van der Waals surface area contributed by atoms with Gasteiger partial charge < -0.3 is 10.6 Å². The summed E-state index contributed by atoms with van der Waals surface area (Å²) in [6.45, 7) is 2.11. The molecule has 2 rings (SSSR count). The molecule has 100 valence electrons. The van der Waals surface area contributed by atoms with E-state index in [1.807, 2.05) is 29.6 Å². The predicted molar refractivity (Wildman–Crippen MR) is 79.5 cm³/mol. The zero-order valence-corrected chi connectivity index (χ0v) is 11.9. The molecule has 0 aliphatic rings. The predicted octanol–water partition coefficient (Wildman–Crippen LogP) is 2.49. The molecule has 2 aromatic rings. The molecule has 5 heteroatoms. The van der Waals surface area contributed by atoms with Crippen molar-refractivity contribution in [3.8, 4) is 0 Å². The molecule has 0 fully saturated rings. The minimum absolute atomic E-state index is 0.00884. The number of anilines is 2. The molecule has 0 saturated heterocycles. The highest BCUT2D eigenvalue weighted by atomic mass is 32.1. The van der Waals surface area contributed by atoms with E-state index in [9.17, 15) is 4.79 Å². The lowest BCUT2D eigenvalue weighted by atomic mass is 10.1. The molecule has 1 aromatic heterocycles.